The number of amides is 3. The summed E-state index contributed by atoms with van der Waals surface area (Å²) in [6, 6.07) is 12.0. The van der Waals surface area contributed by atoms with Gasteiger partial charge in [0.25, 0.3) is 21.8 Å². The van der Waals surface area contributed by atoms with Crippen molar-refractivity contribution in [2.45, 2.75) is 25.7 Å². The van der Waals surface area contributed by atoms with Gasteiger partial charge in [-0.1, -0.05) is 23.8 Å². The van der Waals surface area contributed by atoms with Crippen molar-refractivity contribution in [2.24, 2.45) is 0 Å². The highest BCUT2D eigenvalue weighted by Gasteiger charge is 2.28. The van der Waals surface area contributed by atoms with Gasteiger partial charge >= 0.3 is 12.1 Å². The number of alkyl carbamates (subject to hydrolysis) is 1. The van der Waals surface area contributed by atoms with E-state index in [0.717, 1.165) is 24.0 Å². The lowest BCUT2D eigenvalue weighted by Crippen LogP contribution is -2.31. The van der Waals surface area contributed by atoms with Gasteiger partial charge in [0.15, 0.2) is 0 Å². The molecule has 13 heteroatoms. The third kappa shape index (κ3) is 6.55. The summed E-state index contributed by atoms with van der Waals surface area (Å²) in [5.41, 5.74) is 1.18. The van der Waals surface area contributed by atoms with Crippen molar-refractivity contribution in [3.63, 3.8) is 0 Å². The number of hydrogen-bond donors (Lipinski definition) is 3. The molecule has 1 heterocycles. The van der Waals surface area contributed by atoms with Crippen LogP contribution in [0.3, 0.4) is 0 Å². The number of thiophene rings is 1. The van der Waals surface area contributed by atoms with E-state index < -0.39 is 33.9 Å². The van der Waals surface area contributed by atoms with Crippen LogP contribution in [0.2, 0.25) is 0 Å². The molecular weight excluding hydrogens is 534 g/mol. The number of aryl methyl sites for hydroxylation is 1. The number of carbonyl (C=O) groups is 4. The van der Waals surface area contributed by atoms with E-state index >= 15 is 0 Å². The minimum absolute atomic E-state index is 0.0115. The molecule has 0 aliphatic rings. The van der Waals surface area contributed by atoms with Gasteiger partial charge in [0.05, 0.1) is 24.2 Å². The molecule has 0 aliphatic carbocycles. The highest BCUT2D eigenvalue weighted by molar-refractivity contribution is 7.92. The number of hydrogen-bond acceptors (Lipinski definition) is 9. The lowest BCUT2D eigenvalue weighted by Gasteiger charge is -2.11. The molecule has 2 aromatic carbocycles. The molecule has 0 bridgehead atoms. The van der Waals surface area contributed by atoms with Crippen molar-refractivity contribution in [3.05, 3.63) is 75.7 Å². The number of esters is 1. The number of anilines is 2. The summed E-state index contributed by atoms with van der Waals surface area (Å²) in [6.07, 6.45) is -1.02. The Bertz CT molecular complexity index is 1500. The quantitative estimate of drug-likeness (QED) is 0.348. The predicted molar refractivity (Wildman–Crippen MR) is 141 cm³/mol. The molecule has 38 heavy (non-hydrogen) atoms. The monoisotopic (exact) mass is 559 g/mol. The fraction of sp³-hybridized carbons (Fsp3) is 0.200. The first-order valence-corrected chi connectivity index (χ1v) is 13.5. The second-order valence-corrected chi connectivity index (χ2v) is 10.6. The maximum Gasteiger partial charge on any atom is 0.413 e. The van der Waals surface area contributed by atoms with E-state index in [1.165, 1.54) is 43.3 Å². The molecule has 3 rings (SSSR count). The minimum Gasteiger partial charge on any atom is -0.462 e. The number of benzene rings is 2. The average Bonchev–Trinajstić information content (AvgIpc) is 3.19. The Hall–Kier alpha value is -4.23. The molecule has 0 saturated carbocycles. The molecule has 0 spiro atoms. The van der Waals surface area contributed by atoms with Gasteiger partial charge in [0, 0.05) is 11.3 Å². The van der Waals surface area contributed by atoms with Crippen LogP contribution >= 0.6 is 11.3 Å². The van der Waals surface area contributed by atoms with E-state index in [2.05, 4.69) is 14.8 Å². The SMILES string of the molecule is CCOC(=O)c1sc(NC(=O)c2cccc(NS(=O)(=O)c3ccc(C)cc3)c2)c(C(=O)NC(=O)OC)c1C. The Labute approximate surface area is 223 Å². The Morgan fingerprint density at radius 1 is 0.974 bits per heavy atom. The molecule has 3 aromatic rings. The maximum absolute atomic E-state index is 13.1. The topological polar surface area (TPSA) is 157 Å². The first-order valence-electron chi connectivity index (χ1n) is 11.2. The zero-order valence-corrected chi connectivity index (χ0v) is 22.5. The number of methoxy groups -OCH3 is 1. The van der Waals surface area contributed by atoms with E-state index in [1.807, 2.05) is 12.2 Å². The Morgan fingerprint density at radius 3 is 2.29 bits per heavy atom. The molecule has 200 valence electrons. The Morgan fingerprint density at radius 2 is 1.66 bits per heavy atom. The number of sulfonamides is 1. The molecule has 1 aromatic heterocycles. The van der Waals surface area contributed by atoms with Crippen LogP contribution in [0.15, 0.2) is 53.4 Å². The van der Waals surface area contributed by atoms with E-state index in [9.17, 15) is 27.6 Å². The van der Waals surface area contributed by atoms with Crippen LogP contribution < -0.4 is 15.4 Å². The van der Waals surface area contributed by atoms with Crippen molar-refractivity contribution in [1.29, 1.82) is 0 Å². The van der Waals surface area contributed by atoms with Gasteiger partial charge in [-0.3, -0.25) is 19.6 Å². The number of rotatable bonds is 8. The van der Waals surface area contributed by atoms with Gasteiger partial charge in [0.1, 0.15) is 9.88 Å². The molecule has 0 radical (unpaired) electrons. The molecule has 3 amide bonds. The van der Waals surface area contributed by atoms with E-state index in [0.29, 0.717) is 0 Å². The zero-order chi connectivity index (χ0) is 28.0. The fourth-order valence-electron chi connectivity index (χ4n) is 3.30. The molecule has 0 unspecified atom stereocenters. The van der Waals surface area contributed by atoms with Crippen LogP contribution in [0.25, 0.3) is 0 Å². The third-order valence-corrected chi connectivity index (χ3v) is 7.76. The van der Waals surface area contributed by atoms with E-state index in [1.54, 1.807) is 19.1 Å². The number of ether oxygens (including phenoxy) is 2. The van der Waals surface area contributed by atoms with Crippen molar-refractivity contribution in [1.82, 2.24) is 5.32 Å². The van der Waals surface area contributed by atoms with Crippen LogP contribution in [0.4, 0.5) is 15.5 Å². The summed E-state index contributed by atoms with van der Waals surface area (Å²) >= 11 is 0.802. The summed E-state index contributed by atoms with van der Waals surface area (Å²) in [6.45, 7) is 5.02. The summed E-state index contributed by atoms with van der Waals surface area (Å²) in [5, 5.41) is 4.56. The Kier molecular flexibility index (Phi) is 8.86. The molecule has 0 fully saturated rings. The largest absolute Gasteiger partial charge is 0.462 e. The van der Waals surface area contributed by atoms with Crippen LogP contribution in [0.5, 0.6) is 0 Å². The van der Waals surface area contributed by atoms with Crippen LogP contribution in [-0.4, -0.2) is 46.0 Å². The second-order valence-electron chi connectivity index (χ2n) is 7.88. The van der Waals surface area contributed by atoms with Gasteiger partial charge in [-0.05, 0) is 56.7 Å². The highest BCUT2D eigenvalue weighted by atomic mass is 32.2. The highest BCUT2D eigenvalue weighted by Crippen LogP contribution is 2.34. The summed E-state index contributed by atoms with van der Waals surface area (Å²) in [7, 11) is -2.83. The predicted octanol–water partition coefficient (Wildman–Crippen LogP) is 4.09. The zero-order valence-electron chi connectivity index (χ0n) is 20.9. The van der Waals surface area contributed by atoms with Gasteiger partial charge in [-0.2, -0.15) is 0 Å². The smallest absolute Gasteiger partial charge is 0.413 e. The van der Waals surface area contributed by atoms with Crippen molar-refractivity contribution < 1.29 is 37.1 Å². The minimum atomic E-state index is -3.91. The summed E-state index contributed by atoms with van der Waals surface area (Å²) < 4.78 is 37.4. The van der Waals surface area contributed by atoms with Gasteiger partial charge in [-0.25, -0.2) is 18.0 Å². The molecule has 0 atom stereocenters. The second kappa shape index (κ2) is 11.9. The number of nitrogens with one attached hydrogen (secondary N) is 3. The lowest BCUT2D eigenvalue weighted by molar-refractivity contribution is 0.0531. The van der Waals surface area contributed by atoms with Crippen LogP contribution in [0.1, 0.15) is 48.4 Å². The van der Waals surface area contributed by atoms with E-state index in [-0.39, 0.29) is 43.8 Å². The maximum atomic E-state index is 13.1. The molecular formula is C25H25N3O8S2. The standard InChI is InChI=1S/C25H25N3O8S2/c1-5-36-24(31)20-15(3)19(22(30)27-25(32)35-4)23(37-20)26-21(29)16-7-6-8-17(13-16)28-38(33,34)18-11-9-14(2)10-12-18/h6-13,28H,5H2,1-4H3,(H,26,29)(H,27,30,32). The van der Waals surface area contributed by atoms with Crippen molar-refractivity contribution in [3.8, 4) is 0 Å². The van der Waals surface area contributed by atoms with Crippen LogP contribution in [0, 0.1) is 13.8 Å². The van der Waals surface area contributed by atoms with Crippen molar-refractivity contribution in [2.75, 3.05) is 23.8 Å². The van der Waals surface area contributed by atoms with Gasteiger partial charge < -0.3 is 14.8 Å². The van der Waals surface area contributed by atoms with E-state index in [4.69, 9.17) is 4.74 Å². The first-order chi connectivity index (χ1) is 18.0. The molecule has 3 N–H and O–H groups in total. The summed E-state index contributed by atoms with van der Waals surface area (Å²) in [5.74, 6) is -2.28. The number of carbonyl (C=O) groups excluding carboxylic acids is 4. The van der Waals surface area contributed by atoms with Crippen molar-refractivity contribution >= 4 is 55.9 Å². The Balaban J connectivity index is 1.90. The molecule has 11 nitrogen and oxygen atoms in total. The molecule has 0 aliphatic heterocycles. The van der Waals surface area contributed by atoms with Crippen LogP contribution in [-0.2, 0) is 19.5 Å². The normalized spacial score (nSPS) is 10.8. The average molecular weight is 560 g/mol. The van der Waals surface area contributed by atoms with Gasteiger partial charge in [0.2, 0.25) is 0 Å². The number of imide groups is 1. The molecule has 0 saturated heterocycles. The van der Waals surface area contributed by atoms with Gasteiger partial charge in [-0.15, -0.1) is 11.3 Å². The lowest BCUT2D eigenvalue weighted by atomic mass is 10.1. The first kappa shape index (κ1) is 28.3. The third-order valence-electron chi connectivity index (χ3n) is 5.17. The summed E-state index contributed by atoms with van der Waals surface area (Å²) in [4.78, 5) is 49.9. The fourth-order valence-corrected chi connectivity index (χ4v) is 5.45.